The number of hydrogen-bond donors (Lipinski definition) is 1. The summed E-state index contributed by atoms with van der Waals surface area (Å²) in [6.45, 7) is 7.23. The highest BCUT2D eigenvalue weighted by molar-refractivity contribution is 7.11. The van der Waals surface area contributed by atoms with Crippen molar-refractivity contribution in [1.82, 2.24) is 19.9 Å². The van der Waals surface area contributed by atoms with Crippen molar-refractivity contribution >= 4 is 11.3 Å². The number of aromatic nitrogens is 3. The Bertz CT molecular complexity index is 568. The zero-order valence-corrected chi connectivity index (χ0v) is 12.5. The van der Waals surface area contributed by atoms with Gasteiger partial charge in [-0.2, -0.15) is 0 Å². The summed E-state index contributed by atoms with van der Waals surface area (Å²) in [6, 6.07) is 1.04. The minimum Gasteiger partial charge on any atom is -0.330 e. The minimum atomic E-state index is 0.341. The van der Waals surface area contributed by atoms with E-state index in [4.69, 9.17) is 0 Å². The van der Waals surface area contributed by atoms with Crippen molar-refractivity contribution in [3.63, 3.8) is 0 Å². The zero-order chi connectivity index (χ0) is 13.4. The third-order valence-electron chi connectivity index (χ3n) is 3.61. The third kappa shape index (κ3) is 2.72. The molecule has 2 heterocycles. The van der Waals surface area contributed by atoms with Crippen LogP contribution in [0.4, 0.5) is 0 Å². The largest absolute Gasteiger partial charge is 0.330 e. The van der Waals surface area contributed by atoms with Crippen LogP contribution in [0.15, 0.2) is 12.5 Å². The number of aryl methyl sites for hydroxylation is 2. The number of imidazole rings is 1. The first-order valence-corrected chi connectivity index (χ1v) is 7.65. The SMILES string of the molecule is Cc1nc(C)c(C(C)NCc2cncn2C2CC2)s1. The topological polar surface area (TPSA) is 42.7 Å². The van der Waals surface area contributed by atoms with Crippen LogP contribution in [0.1, 0.15) is 53.1 Å². The number of nitrogens with zero attached hydrogens (tertiary/aromatic N) is 3. The van der Waals surface area contributed by atoms with E-state index in [-0.39, 0.29) is 0 Å². The van der Waals surface area contributed by atoms with Gasteiger partial charge in [0.1, 0.15) is 0 Å². The Balaban J connectivity index is 1.65. The predicted molar refractivity (Wildman–Crippen MR) is 77.3 cm³/mol. The maximum atomic E-state index is 4.49. The molecule has 4 nitrogen and oxygen atoms in total. The molecule has 1 aliphatic rings. The molecule has 1 unspecified atom stereocenters. The molecule has 102 valence electrons. The first-order valence-electron chi connectivity index (χ1n) is 6.83. The monoisotopic (exact) mass is 276 g/mol. The van der Waals surface area contributed by atoms with Crippen LogP contribution >= 0.6 is 11.3 Å². The Kier molecular flexibility index (Phi) is 3.41. The number of thiazole rings is 1. The van der Waals surface area contributed by atoms with Crippen LogP contribution in [-0.4, -0.2) is 14.5 Å². The Hall–Kier alpha value is -1.20. The van der Waals surface area contributed by atoms with Gasteiger partial charge in [-0.3, -0.25) is 0 Å². The van der Waals surface area contributed by atoms with Gasteiger partial charge in [-0.1, -0.05) is 0 Å². The summed E-state index contributed by atoms with van der Waals surface area (Å²) in [5, 5.41) is 4.73. The van der Waals surface area contributed by atoms with E-state index in [0.29, 0.717) is 12.1 Å². The lowest BCUT2D eigenvalue weighted by molar-refractivity contribution is 0.550. The number of rotatable bonds is 5. The van der Waals surface area contributed by atoms with Crippen LogP contribution in [-0.2, 0) is 6.54 Å². The number of nitrogens with one attached hydrogen (secondary N) is 1. The molecule has 0 spiro atoms. The van der Waals surface area contributed by atoms with E-state index in [2.05, 4.69) is 40.6 Å². The Morgan fingerprint density at radius 3 is 2.89 bits per heavy atom. The molecule has 0 amide bonds. The summed E-state index contributed by atoms with van der Waals surface area (Å²) in [7, 11) is 0. The maximum absolute atomic E-state index is 4.49. The normalized spacial score (nSPS) is 16.8. The van der Waals surface area contributed by atoms with E-state index in [9.17, 15) is 0 Å². The van der Waals surface area contributed by atoms with Crippen molar-refractivity contribution in [2.45, 2.75) is 52.2 Å². The van der Waals surface area contributed by atoms with E-state index in [0.717, 1.165) is 17.2 Å². The van der Waals surface area contributed by atoms with Gasteiger partial charge in [0.15, 0.2) is 0 Å². The van der Waals surface area contributed by atoms with Crippen molar-refractivity contribution in [1.29, 1.82) is 0 Å². The zero-order valence-electron chi connectivity index (χ0n) is 11.7. The van der Waals surface area contributed by atoms with Gasteiger partial charge in [0, 0.05) is 29.7 Å². The summed E-state index contributed by atoms with van der Waals surface area (Å²) in [5.74, 6) is 0. The quantitative estimate of drug-likeness (QED) is 0.912. The molecule has 19 heavy (non-hydrogen) atoms. The van der Waals surface area contributed by atoms with Gasteiger partial charge in [-0.15, -0.1) is 11.3 Å². The highest BCUT2D eigenvalue weighted by atomic mass is 32.1. The molecule has 1 fully saturated rings. The van der Waals surface area contributed by atoms with Crippen molar-refractivity contribution in [2.24, 2.45) is 0 Å². The fraction of sp³-hybridized carbons (Fsp3) is 0.571. The molecule has 2 aromatic rings. The minimum absolute atomic E-state index is 0.341. The predicted octanol–water partition coefficient (Wildman–Crippen LogP) is 3.14. The van der Waals surface area contributed by atoms with E-state index in [1.165, 1.54) is 23.4 Å². The second-order valence-electron chi connectivity index (χ2n) is 5.31. The van der Waals surface area contributed by atoms with E-state index in [1.54, 1.807) is 11.3 Å². The maximum Gasteiger partial charge on any atom is 0.0951 e. The Morgan fingerprint density at radius 1 is 1.47 bits per heavy atom. The highest BCUT2D eigenvalue weighted by Crippen LogP contribution is 2.35. The standard InChI is InChI=1S/C14H20N4S/c1-9(14-10(2)17-11(3)19-14)16-7-13-6-15-8-18(13)12-4-5-12/h6,8-9,12,16H,4-5,7H2,1-3H3. The molecule has 1 aliphatic carbocycles. The van der Waals surface area contributed by atoms with Crippen LogP contribution in [0, 0.1) is 13.8 Å². The van der Waals surface area contributed by atoms with Crippen molar-refractivity contribution < 1.29 is 0 Å². The molecule has 2 aromatic heterocycles. The molecule has 3 rings (SSSR count). The van der Waals surface area contributed by atoms with Gasteiger partial charge in [0.25, 0.3) is 0 Å². The lowest BCUT2D eigenvalue weighted by Gasteiger charge is -2.14. The average molecular weight is 276 g/mol. The smallest absolute Gasteiger partial charge is 0.0951 e. The second-order valence-corrected chi connectivity index (χ2v) is 6.54. The first-order chi connectivity index (χ1) is 9.15. The van der Waals surface area contributed by atoms with Gasteiger partial charge in [-0.05, 0) is 33.6 Å². The molecule has 1 atom stereocenters. The highest BCUT2D eigenvalue weighted by Gasteiger charge is 2.25. The molecule has 5 heteroatoms. The molecule has 1 N–H and O–H groups in total. The van der Waals surface area contributed by atoms with E-state index in [1.807, 2.05) is 12.5 Å². The summed E-state index contributed by atoms with van der Waals surface area (Å²) in [6.07, 6.45) is 6.53. The fourth-order valence-electron chi connectivity index (χ4n) is 2.45. The van der Waals surface area contributed by atoms with Crippen LogP contribution in [0.3, 0.4) is 0 Å². The van der Waals surface area contributed by atoms with Crippen molar-refractivity contribution in [3.8, 4) is 0 Å². The molecule has 0 radical (unpaired) electrons. The molecule has 0 aliphatic heterocycles. The molecule has 0 saturated heterocycles. The van der Waals surface area contributed by atoms with Gasteiger partial charge in [0.2, 0.25) is 0 Å². The van der Waals surface area contributed by atoms with Crippen molar-refractivity contribution in [2.75, 3.05) is 0 Å². The number of hydrogen-bond acceptors (Lipinski definition) is 4. The van der Waals surface area contributed by atoms with Gasteiger partial charge in [-0.25, -0.2) is 9.97 Å². The third-order valence-corrected chi connectivity index (χ3v) is 4.86. The summed E-state index contributed by atoms with van der Waals surface area (Å²) in [5.41, 5.74) is 2.44. The van der Waals surface area contributed by atoms with E-state index < -0.39 is 0 Å². The summed E-state index contributed by atoms with van der Waals surface area (Å²) < 4.78 is 2.31. The van der Waals surface area contributed by atoms with Crippen molar-refractivity contribution in [3.05, 3.63) is 33.8 Å². The van der Waals surface area contributed by atoms with E-state index >= 15 is 0 Å². The second kappa shape index (κ2) is 5.06. The van der Waals surface area contributed by atoms with Gasteiger partial charge in [0.05, 0.1) is 22.7 Å². The average Bonchev–Trinajstić information content (AvgIpc) is 3.01. The summed E-state index contributed by atoms with van der Waals surface area (Å²) >= 11 is 1.79. The van der Waals surface area contributed by atoms with Crippen LogP contribution in [0.2, 0.25) is 0 Å². The molecule has 0 bridgehead atoms. The van der Waals surface area contributed by atoms with Gasteiger partial charge < -0.3 is 9.88 Å². The van der Waals surface area contributed by atoms with Crippen LogP contribution in [0.5, 0.6) is 0 Å². The first kappa shape index (κ1) is 12.8. The fourth-order valence-corrected chi connectivity index (χ4v) is 3.40. The van der Waals surface area contributed by atoms with Gasteiger partial charge >= 0.3 is 0 Å². The lowest BCUT2D eigenvalue weighted by Crippen LogP contribution is -2.19. The Labute approximate surface area is 117 Å². The Morgan fingerprint density at radius 2 is 2.26 bits per heavy atom. The molecule has 0 aromatic carbocycles. The molecular weight excluding hydrogens is 256 g/mol. The van der Waals surface area contributed by atoms with Crippen LogP contribution in [0.25, 0.3) is 0 Å². The molecular formula is C14H20N4S. The lowest BCUT2D eigenvalue weighted by atomic mass is 10.2. The summed E-state index contributed by atoms with van der Waals surface area (Å²) in [4.78, 5) is 10.1. The van der Waals surface area contributed by atoms with Crippen LogP contribution < -0.4 is 5.32 Å². The molecule has 1 saturated carbocycles.